The fraction of sp³-hybridized carbons (Fsp3) is 0.500. The first kappa shape index (κ1) is 15.4. The van der Waals surface area contributed by atoms with Gasteiger partial charge in [-0.2, -0.15) is 0 Å². The second kappa shape index (κ2) is 5.77. The zero-order valence-corrected chi connectivity index (χ0v) is 11.9. The van der Waals surface area contributed by atoms with E-state index >= 15 is 0 Å². The van der Waals surface area contributed by atoms with Crippen molar-refractivity contribution in [1.29, 1.82) is 0 Å². The number of carbonyl (C=O) groups excluding carboxylic acids is 1. The molecule has 21 heavy (non-hydrogen) atoms. The summed E-state index contributed by atoms with van der Waals surface area (Å²) in [5.41, 5.74) is -1.02. The number of nitro groups is 1. The van der Waals surface area contributed by atoms with Gasteiger partial charge in [0.15, 0.2) is 0 Å². The smallest absolute Gasteiger partial charge is 0.282 e. The predicted octanol–water partition coefficient (Wildman–Crippen LogP) is 2.42. The molecule has 2 rings (SSSR count). The van der Waals surface area contributed by atoms with Crippen LogP contribution in [0.4, 0.5) is 10.1 Å². The number of hydrogen-bond acceptors (Lipinski definition) is 4. The summed E-state index contributed by atoms with van der Waals surface area (Å²) in [6.07, 6.45) is 1.22. The van der Waals surface area contributed by atoms with Gasteiger partial charge in [-0.25, -0.2) is 4.39 Å². The second-order valence-corrected chi connectivity index (χ2v) is 5.69. The number of halogens is 1. The largest absolute Gasteiger partial charge is 0.375 e. The predicted molar refractivity (Wildman–Crippen MR) is 73.6 cm³/mol. The molecule has 0 spiro atoms. The van der Waals surface area contributed by atoms with E-state index in [1.807, 2.05) is 13.8 Å². The van der Waals surface area contributed by atoms with E-state index in [-0.39, 0.29) is 17.2 Å². The summed E-state index contributed by atoms with van der Waals surface area (Å²) in [5, 5.41) is 13.6. The molecule has 1 saturated heterocycles. The monoisotopic (exact) mass is 296 g/mol. The summed E-state index contributed by atoms with van der Waals surface area (Å²) in [5.74, 6) is -1.32. The van der Waals surface area contributed by atoms with Crippen LogP contribution < -0.4 is 5.32 Å². The Bertz CT molecular complexity index is 574. The molecule has 1 fully saturated rings. The molecule has 1 heterocycles. The minimum Gasteiger partial charge on any atom is -0.375 e. The molecule has 7 heteroatoms. The van der Waals surface area contributed by atoms with E-state index in [4.69, 9.17) is 4.74 Å². The summed E-state index contributed by atoms with van der Waals surface area (Å²) in [6, 6.07) is 2.70. The third kappa shape index (κ3) is 3.75. The van der Waals surface area contributed by atoms with Crippen molar-refractivity contribution >= 4 is 11.6 Å². The summed E-state index contributed by atoms with van der Waals surface area (Å²) >= 11 is 0. The first-order valence-electron chi connectivity index (χ1n) is 6.67. The quantitative estimate of drug-likeness (QED) is 0.686. The van der Waals surface area contributed by atoms with Crippen molar-refractivity contribution in [3.63, 3.8) is 0 Å². The van der Waals surface area contributed by atoms with Gasteiger partial charge in [0.2, 0.25) is 0 Å². The molecular weight excluding hydrogens is 279 g/mol. The molecule has 6 nitrogen and oxygen atoms in total. The van der Waals surface area contributed by atoms with Crippen LogP contribution in [0.1, 0.15) is 37.0 Å². The van der Waals surface area contributed by atoms with E-state index < -0.39 is 22.3 Å². The zero-order valence-electron chi connectivity index (χ0n) is 11.9. The standard InChI is InChI=1S/C14H17FN2O4/c1-14(2)8-10(5-6-21-14)16-13(18)11-7-9(15)3-4-12(11)17(19)20/h3-4,7,10H,5-6,8H2,1-2H3,(H,16,18). The van der Waals surface area contributed by atoms with E-state index in [0.29, 0.717) is 19.4 Å². The molecule has 0 aromatic heterocycles. The van der Waals surface area contributed by atoms with Gasteiger partial charge in [0.1, 0.15) is 11.4 Å². The number of hydrogen-bond donors (Lipinski definition) is 1. The van der Waals surface area contributed by atoms with Gasteiger partial charge in [-0.15, -0.1) is 0 Å². The van der Waals surface area contributed by atoms with Crippen LogP contribution in [-0.4, -0.2) is 29.1 Å². The van der Waals surface area contributed by atoms with E-state index in [2.05, 4.69) is 5.32 Å². The molecule has 0 aliphatic carbocycles. The van der Waals surface area contributed by atoms with Crippen molar-refractivity contribution in [1.82, 2.24) is 5.32 Å². The highest BCUT2D eigenvalue weighted by Gasteiger charge is 2.31. The molecule has 1 amide bonds. The Kier molecular flexibility index (Phi) is 4.22. The molecule has 0 radical (unpaired) electrons. The van der Waals surface area contributed by atoms with Gasteiger partial charge in [0, 0.05) is 18.7 Å². The van der Waals surface area contributed by atoms with Crippen molar-refractivity contribution in [2.45, 2.75) is 38.3 Å². The van der Waals surface area contributed by atoms with Gasteiger partial charge in [0.25, 0.3) is 11.6 Å². The van der Waals surface area contributed by atoms with E-state index in [1.54, 1.807) is 0 Å². The minimum atomic E-state index is -0.692. The van der Waals surface area contributed by atoms with Gasteiger partial charge in [-0.3, -0.25) is 14.9 Å². The van der Waals surface area contributed by atoms with Crippen LogP contribution in [0.2, 0.25) is 0 Å². The normalized spacial score (nSPS) is 20.8. The maximum absolute atomic E-state index is 13.2. The molecule has 0 saturated carbocycles. The number of rotatable bonds is 3. The van der Waals surface area contributed by atoms with E-state index in [0.717, 1.165) is 18.2 Å². The van der Waals surface area contributed by atoms with Crippen LogP contribution in [0, 0.1) is 15.9 Å². The Hall–Kier alpha value is -2.02. The molecule has 1 atom stereocenters. The average molecular weight is 296 g/mol. The van der Waals surface area contributed by atoms with E-state index in [9.17, 15) is 19.3 Å². The Morgan fingerprint density at radius 3 is 2.86 bits per heavy atom. The molecule has 1 aromatic carbocycles. The van der Waals surface area contributed by atoms with Gasteiger partial charge in [-0.05, 0) is 38.8 Å². The van der Waals surface area contributed by atoms with Gasteiger partial charge in [-0.1, -0.05) is 0 Å². The van der Waals surface area contributed by atoms with Crippen molar-refractivity contribution in [3.8, 4) is 0 Å². The van der Waals surface area contributed by atoms with Gasteiger partial charge < -0.3 is 10.1 Å². The SMILES string of the molecule is CC1(C)CC(NC(=O)c2cc(F)ccc2[N+](=O)[O-])CCO1. The molecule has 1 aromatic rings. The fourth-order valence-corrected chi connectivity index (χ4v) is 2.47. The van der Waals surface area contributed by atoms with Gasteiger partial charge >= 0.3 is 0 Å². The van der Waals surface area contributed by atoms with Crippen molar-refractivity contribution in [2.24, 2.45) is 0 Å². The molecule has 1 N–H and O–H groups in total. The molecule has 1 aliphatic heterocycles. The van der Waals surface area contributed by atoms with Crippen molar-refractivity contribution < 1.29 is 18.8 Å². The lowest BCUT2D eigenvalue weighted by atomic mass is 9.93. The number of ether oxygens (including phenoxy) is 1. The van der Waals surface area contributed by atoms with Crippen LogP contribution in [0.3, 0.4) is 0 Å². The minimum absolute atomic E-state index is 0.149. The third-order valence-corrected chi connectivity index (χ3v) is 3.43. The number of benzene rings is 1. The lowest BCUT2D eigenvalue weighted by Crippen LogP contribution is -2.45. The fourth-order valence-electron chi connectivity index (χ4n) is 2.47. The average Bonchev–Trinajstić information content (AvgIpc) is 2.36. The summed E-state index contributed by atoms with van der Waals surface area (Å²) in [4.78, 5) is 22.4. The number of amides is 1. The van der Waals surface area contributed by atoms with Crippen LogP contribution in [0.25, 0.3) is 0 Å². The molecule has 114 valence electrons. The van der Waals surface area contributed by atoms with Crippen LogP contribution in [0.15, 0.2) is 18.2 Å². The third-order valence-electron chi connectivity index (χ3n) is 3.43. The Balaban J connectivity index is 2.17. The van der Waals surface area contributed by atoms with Crippen molar-refractivity contribution in [2.75, 3.05) is 6.61 Å². The number of carbonyl (C=O) groups is 1. The summed E-state index contributed by atoms with van der Waals surface area (Å²) in [7, 11) is 0. The van der Waals surface area contributed by atoms with Crippen LogP contribution in [0.5, 0.6) is 0 Å². The first-order chi connectivity index (χ1) is 9.78. The van der Waals surface area contributed by atoms with Gasteiger partial charge in [0.05, 0.1) is 10.5 Å². The first-order valence-corrected chi connectivity index (χ1v) is 6.67. The molecular formula is C14H17FN2O4. The van der Waals surface area contributed by atoms with Crippen LogP contribution >= 0.6 is 0 Å². The lowest BCUT2D eigenvalue weighted by molar-refractivity contribution is -0.385. The Labute approximate surface area is 121 Å². The summed E-state index contributed by atoms with van der Waals surface area (Å²) in [6.45, 7) is 4.33. The topological polar surface area (TPSA) is 81.5 Å². The highest BCUT2D eigenvalue weighted by Crippen LogP contribution is 2.25. The zero-order chi connectivity index (χ0) is 15.6. The van der Waals surface area contributed by atoms with Crippen molar-refractivity contribution in [3.05, 3.63) is 39.7 Å². The number of nitrogens with zero attached hydrogens (tertiary/aromatic N) is 1. The Morgan fingerprint density at radius 1 is 1.52 bits per heavy atom. The van der Waals surface area contributed by atoms with E-state index in [1.165, 1.54) is 0 Å². The molecule has 1 aliphatic rings. The highest BCUT2D eigenvalue weighted by molar-refractivity contribution is 5.98. The summed E-state index contributed by atoms with van der Waals surface area (Å²) < 4.78 is 18.8. The Morgan fingerprint density at radius 2 is 2.24 bits per heavy atom. The second-order valence-electron chi connectivity index (χ2n) is 5.69. The maximum Gasteiger partial charge on any atom is 0.282 e. The highest BCUT2D eigenvalue weighted by atomic mass is 19.1. The molecule has 1 unspecified atom stereocenters. The maximum atomic E-state index is 13.2. The van der Waals surface area contributed by atoms with Crippen LogP contribution in [-0.2, 0) is 4.74 Å². The lowest BCUT2D eigenvalue weighted by Gasteiger charge is -2.35. The number of nitrogens with one attached hydrogen (secondary N) is 1. The number of nitro benzene ring substituents is 1. The molecule has 0 bridgehead atoms.